The van der Waals surface area contributed by atoms with Gasteiger partial charge in [0, 0.05) is 11.1 Å². The van der Waals surface area contributed by atoms with Crippen molar-refractivity contribution in [2.24, 2.45) is 0 Å². The number of nitrogens with one attached hydrogen (secondary N) is 1. The Morgan fingerprint density at radius 3 is 2.55 bits per heavy atom. The number of hydrogen-bond acceptors (Lipinski definition) is 3. The van der Waals surface area contributed by atoms with Crippen molar-refractivity contribution in [1.82, 2.24) is 5.32 Å². The van der Waals surface area contributed by atoms with E-state index in [4.69, 9.17) is 0 Å². The molecule has 0 saturated heterocycles. The molecule has 1 aliphatic heterocycles. The van der Waals surface area contributed by atoms with Gasteiger partial charge < -0.3 is 0 Å². The largest absolute Gasteiger partial charge is 0.295 e. The number of ketones is 1. The fourth-order valence-corrected chi connectivity index (χ4v) is 2.48. The summed E-state index contributed by atoms with van der Waals surface area (Å²) >= 11 is 0. The minimum atomic E-state index is -0.479. The Balaban J connectivity index is 2.49. The molecule has 98 valence electrons. The highest BCUT2D eigenvalue weighted by atomic mass is 16.2. The first-order valence-electron chi connectivity index (χ1n) is 6.12. The molecule has 0 bridgehead atoms. The molecule has 1 N–H and O–H groups in total. The molecule has 0 aliphatic carbocycles. The van der Waals surface area contributed by atoms with E-state index in [9.17, 15) is 14.4 Å². The quantitative estimate of drug-likeness (QED) is 0.669. The van der Waals surface area contributed by atoms with Crippen LogP contribution in [0.15, 0.2) is 36.9 Å². The van der Waals surface area contributed by atoms with E-state index in [-0.39, 0.29) is 16.9 Å². The van der Waals surface area contributed by atoms with E-state index in [0.717, 1.165) is 10.8 Å². The highest BCUT2D eigenvalue weighted by molar-refractivity contribution is 6.31. The van der Waals surface area contributed by atoms with Gasteiger partial charge in [-0.3, -0.25) is 19.7 Å². The average Bonchev–Trinajstić information content (AvgIpc) is 2.70. The van der Waals surface area contributed by atoms with Crippen LogP contribution >= 0.6 is 0 Å². The summed E-state index contributed by atoms with van der Waals surface area (Å²) in [4.78, 5) is 35.5. The first-order chi connectivity index (χ1) is 9.50. The third-order valence-corrected chi connectivity index (χ3v) is 3.47. The molecule has 2 aromatic rings. The fraction of sp³-hybridized carbons (Fsp3) is 0.0625. The summed E-state index contributed by atoms with van der Waals surface area (Å²) in [5, 5.41) is 3.81. The summed E-state index contributed by atoms with van der Waals surface area (Å²) in [5.41, 5.74) is 1.23. The van der Waals surface area contributed by atoms with Gasteiger partial charge in [0.1, 0.15) is 0 Å². The first-order valence-corrected chi connectivity index (χ1v) is 6.12. The van der Waals surface area contributed by atoms with Crippen molar-refractivity contribution in [3.05, 3.63) is 53.6 Å². The molecule has 3 rings (SSSR count). The maximum atomic E-state index is 12.0. The second-order valence-electron chi connectivity index (χ2n) is 4.71. The molecular weight excluding hydrogens is 254 g/mol. The molecular formula is C16H11NO3. The molecule has 0 saturated carbocycles. The van der Waals surface area contributed by atoms with Gasteiger partial charge in [0.15, 0.2) is 5.78 Å². The molecule has 0 spiro atoms. The molecule has 0 fully saturated rings. The SMILES string of the molecule is C=C(C(C)=O)c1c2c(cc3ccccc13)C(=O)NC2=O. The van der Waals surface area contributed by atoms with Gasteiger partial charge in [-0.25, -0.2) is 0 Å². The monoisotopic (exact) mass is 265 g/mol. The van der Waals surface area contributed by atoms with Crippen LogP contribution in [0, 0.1) is 0 Å². The predicted molar refractivity (Wildman–Crippen MR) is 75.5 cm³/mol. The van der Waals surface area contributed by atoms with Crippen LogP contribution in [0.2, 0.25) is 0 Å². The number of carbonyl (C=O) groups excluding carboxylic acids is 3. The van der Waals surface area contributed by atoms with Crippen LogP contribution in [-0.4, -0.2) is 17.6 Å². The summed E-state index contributed by atoms with van der Waals surface area (Å²) in [5.74, 6) is -1.14. The molecule has 4 nitrogen and oxygen atoms in total. The second-order valence-corrected chi connectivity index (χ2v) is 4.71. The topological polar surface area (TPSA) is 63.2 Å². The van der Waals surface area contributed by atoms with Crippen molar-refractivity contribution < 1.29 is 14.4 Å². The summed E-state index contributed by atoms with van der Waals surface area (Å²) in [6.45, 7) is 5.16. The molecule has 2 aromatic carbocycles. The molecule has 0 atom stereocenters. The number of amides is 2. The van der Waals surface area contributed by atoms with Gasteiger partial charge in [-0.15, -0.1) is 0 Å². The third kappa shape index (κ3) is 1.58. The van der Waals surface area contributed by atoms with Crippen molar-refractivity contribution >= 4 is 33.9 Å². The van der Waals surface area contributed by atoms with Gasteiger partial charge in [-0.2, -0.15) is 0 Å². The van der Waals surface area contributed by atoms with Crippen LogP contribution in [-0.2, 0) is 4.79 Å². The minimum absolute atomic E-state index is 0.226. The standard InChI is InChI=1S/C16H11NO3/c1-8(9(2)18)13-11-6-4-3-5-10(11)7-12-14(13)16(20)17-15(12)19/h3-7H,1H2,2H3,(H,17,19,20). The van der Waals surface area contributed by atoms with Crippen LogP contribution in [0.25, 0.3) is 16.3 Å². The lowest BCUT2D eigenvalue weighted by Crippen LogP contribution is -2.20. The Morgan fingerprint density at radius 1 is 1.15 bits per heavy atom. The number of benzene rings is 2. The van der Waals surface area contributed by atoms with Crippen LogP contribution in [0.3, 0.4) is 0 Å². The van der Waals surface area contributed by atoms with E-state index in [0.29, 0.717) is 11.1 Å². The lowest BCUT2D eigenvalue weighted by Gasteiger charge is -2.11. The summed E-state index contributed by atoms with van der Waals surface area (Å²) in [6.07, 6.45) is 0. The van der Waals surface area contributed by atoms with Crippen molar-refractivity contribution in [3.63, 3.8) is 0 Å². The zero-order valence-electron chi connectivity index (χ0n) is 10.8. The normalized spacial score (nSPS) is 13.2. The molecule has 0 radical (unpaired) electrons. The smallest absolute Gasteiger partial charge is 0.259 e. The molecule has 1 heterocycles. The van der Waals surface area contributed by atoms with Gasteiger partial charge in [0.05, 0.1) is 11.1 Å². The highest BCUT2D eigenvalue weighted by Crippen LogP contribution is 2.33. The number of Topliss-reactive ketones (excluding diaryl/α,β-unsaturated/α-hetero) is 1. The van der Waals surface area contributed by atoms with Crippen LogP contribution in [0.5, 0.6) is 0 Å². The maximum absolute atomic E-state index is 12.0. The van der Waals surface area contributed by atoms with E-state index in [1.165, 1.54) is 6.92 Å². The van der Waals surface area contributed by atoms with Crippen molar-refractivity contribution in [1.29, 1.82) is 0 Å². The van der Waals surface area contributed by atoms with Crippen molar-refractivity contribution in [3.8, 4) is 0 Å². The zero-order chi connectivity index (χ0) is 14.4. The van der Waals surface area contributed by atoms with Crippen molar-refractivity contribution in [2.45, 2.75) is 6.92 Å². The zero-order valence-corrected chi connectivity index (χ0v) is 10.8. The number of fused-ring (bicyclic) bond motifs is 2. The van der Waals surface area contributed by atoms with E-state index in [1.54, 1.807) is 6.07 Å². The van der Waals surface area contributed by atoms with Gasteiger partial charge in [0.2, 0.25) is 0 Å². The van der Waals surface area contributed by atoms with E-state index in [2.05, 4.69) is 11.9 Å². The Kier molecular flexibility index (Phi) is 2.54. The Bertz CT molecular complexity index is 818. The number of rotatable bonds is 2. The summed E-state index contributed by atoms with van der Waals surface area (Å²) in [6, 6.07) is 8.98. The highest BCUT2D eigenvalue weighted by Gasteiger charge is 2.32. The van der Waals surface area contributed by atoms with Gasteiger partial charge in [0.25, 0.3) is 11.8 Å². The predicted octanol–water partition coefficient (Wildman–Crippen LogP) is 2.33. The molecule has 2 amide bonds. The van der Waals surface area contributed by atoms with Crippen LogP contribution in [0.4, 0.5) is 0 Å². The average molecular weight is 265 g/mol. The summed E-state index contributed by atoms with van der Waals surface area (Å²) < 4.78 is 0. The number of carbonyl (C=O) groups is 3. The van der Waals surface area contributed by atoms with E-state index in [1.807, 2.05) is 24.3 Å². The maximum Gasteiger partial charge on any atom is 0.259 e. The first kappa shape index (κ1) is 12.3. The number of hydrogen-bond donors (Lipinski definition) is 1. The Labute approximate surface area is 115 Å². The van der Waals surface area contributed by atoms with E-state index < -0.39 is 11.8 Å². The third-order valence-electron chi connectivity index (χ3n) is 3.47. The van der Waals surface area contributed by atoms with Crippen LogP contribution < -0.4 is 5.32 Å². The van der Waals surface area contributed by atoms with E-state index >= 15 is 0 Å². The van der Waals surface area contributed by atoms with Crippen molar-refractivity contribution in [2.75, 3.05) is 0 Å². The minimum Gasteiger partial charge on any atom is -0.295 e. The lowest BCUT2D eigenvalue weighted by molar-refractivity contribution is -0.111. The van der Waals surface area contributed by atoms with Gasteiger partial charge >= 0.3 is 0 Å². The molecule has 4 heteroatoms. The second kappa shape index (κ2) is 4.13. The Morgan fingerprint density at radius 2 is 1.85 bits per heavy atom. The molecule has 1 aliphatic rings. The van der Waals surface area contributed by atoms with Crippen LogP contribution in [0.1, 0.15) is 33.2 Å². The van der Waals surface area contributed by atoms with Gasteiger partial charge in [-0.1, -0.05) is 30.8 Å². The fourth-order valence-electron chi connectivity index (χ4n) is 2.48. The number of imide groups is 1. The van der Waals surface area contributed by atoms with Gasteiger partial charge in [-0.05, 0) is 23.8 Å². The molecule has 0 aromatic heterocycles. The molecule has 20 heavy (non-hydrogen) atoms. The summed E-state index contributed by atoms with van der Waals surface area (Å²) in [7, 11) is 0. The lowest BCUT2D eigenvalue weighted by atomic mass is 9.89. The number of allylic oxidation sites excluding steroid dienone is 1. The Hall–Kier alpha value is -2.75. The molecule has 0 unspecified atom stereocenters.